The number of unbranched alkanes of at least 4 members (excludes halogenated alkanes) is 1. The van der Waals surface area contributed by atoms with Crippen molar-refractivity contribution in [3.63, 3.8) is 0 Å². The normalized spacial score (nSPS) is 16.3. The lowest BCUT2D eigenvalue weighted by molar-refractivity contribution is -0.125. The van der Waals surface area contributed by atoms with Crippen molar-refractivity contribution >= 4 is 11.6 Å². The Morgan fingerprint density at radius 3 is 2.58 bits per heavy atom. The minimum Gasteiger partial charge on any atom is -0.381 e. The van der Waals surface area contributed by atoms with Crippen LogP contribution >= 0.6 is 0 Å². The zero-order valence-electron chi connectivity index (χ0n) is 11.7. The molecule has 0 aromatic heterocycles. The van der Waals surface area contributed by atoms with Gasteiger partial charge in [-0.2, -0.15) is 0 Å². The number of amides is 1. The minimum atomic E-state index is 0.130. The van der Waals surface area contributed by atoms with Crippen molar-refractivity contribution in [2.45, 2.75) is 32.6 Å². The summed E-state index contributed by atoms with van der Waals surface area (Å²) in [6.45, 7) is 4.40. The Kier molecular flexibility index (Phi) is 5.40. The molecule has 0 saturated carbocycles. The van der Waals surface area contributed by atoms with Gasteiger partial charge >= 0.3 is 0 Å². The van der Waals surface area contributed by atoms with Gasteiger partial charge in [0.1, 0.15) is 0 Å². The molecule has 3 heteroatoms. The van der Waals surface area contributed by atoms with E-state index in [2.05, 4.69) is 6.92 Å². The molecule has 0 spiro atoms. The summed E-state index contributed by atoms with van der Waals surface area (Å²) in [6.07, 6.45) is 3.86. The van der Waals surface area contributed by atoms with Crippen LogP contribution in [0.1, 0.15) is 32.6 Å². The van der Waals surface area contributed by atoms with Crippen LogP contribution < -0.4 is 4.90 Å². The third-order valence-electron chi connectivity index (χ3n) is 3.64. The lowest BCUT2D eigenvalue weighted by Gasteiger charge is -2.29. The van der Waals surface area contributed by atoms with E-state index >= 15 is 0 Å². The van der Waals surface area contributed by atoms with Crippen molar-refractivity contribution < 1.29 is 9.53 Å². The molecule has 1 saturated heterocycles. The molecule has 1 aliphatic rings. The molecule has 0 radical (unpaired) electrons. The van der Waals surface area contributed by atoms with Crippen LogP contribution in [-0.4, -0.2) is 25.7 Å². The molecule has 1 aliphatic heterocycles. The Morgan fingerprint density at radius 1 is 1.26 bits per heavy atom. The van der Waals surface area contributed by atoms with E-state index in [1.54, 1.807) is 0 Å². The summed E-state index contributed by atoms with van der Waals surface area (Å²) in [7, 11) is 0. The van der Waals surface area contributed by atoms with Crippen molar-refractivity contribution in [2.75, 3.05) is 24.7 Å². The Bertz CT molecular complexity index is 385. The minimum absolute atomic E-state index is 0.130. The number of carbonyl (C=O) groups excluding carboxylic acids is 1. The maximum absolute atomic E-state index is 12.7. The van der Waals surface area contributed by atoms with Gasteiger partial charge in [-0.05, 0) is 31.4 Å². The van der Waals surface area contributed by atoms with E-state index in [1.807, 2.05) is 35.2 Å². The van der Waals surface area contributed by atoms with Crippen molar-refractivity contribution in [2.24, 2.45) is 5.92 Å². The summed E-state index contributed by atoms with van der Waals surface area (Å²) in [5, 5.41) is 0. The van der Waals surface area contributed by atoms with Crippen molar-refractivity contribution in [1.29, 1.82) is 0 Å². The number of anilines is 1. The fraction of sp³-hybridized carbons (Fsp3) is 0.562. The SMILES string of the molecule is CCCCN(C(=O)C1CCOCC1)c1ccccc1. The summed E-state index contributed by atoms with van der Waals surface area (Å²) in [4.78, 5) is 14.6. The van der Waals surface area contributed by atoms with Gasteiger partial charge in [-0.3, -0.25) is 4.79 Å². The smallest absolute Gasteiger partial charge is 0.230 e. The largest absolute Gasteiger partial charge is 0.381 e. The van der Waals surface area contributed by atoms with Gasteiger partial charge in [0, 0.05) is 31.4 Å². The first-order valence-corrected chi connectivity index (χ1v) is 7.27. The van der Waals surface area contributed by atoms with Crippen LogP contribution in [0.5, 0.6) is 0 Å². The van der Waals surface area contributed by atoms with E-state index in [1.165, 1.54) is 0 Å². The summed E-state index contributed by atoms with van der Waals surface area (Å²) >= 11 is 0. The van der Waals surface area contributed by atoms with E-state index in [4.69, 9.17) is 4.74 Å². The highest BCUT2D eigenvalue weighted by molar-refractivity contribution is 5.95. The Labute approximate surface area is 115 Å². The van der Waals surface area contributed by atoms with Gasteiger partial charge in [0.15, 0.2) is 0 Å². The molecule has 2 rings (SSSR count). The Hall–Kier alpha value is -1.35. The molecule has 0 aliphatic carbocycles. The van der Waals surface area contributed by atoms with E-state index in [-0.39, 0.29) is 11.8 Å². The molecular weight excluding hydrogens is 238 g/mol. The zero-order valence-corrected chi connectivity index (χ0v) is 11.7. The lowest BCUT2D eigenvalue weighted by Crippen LogP contribution is -2.39. The predicted molar refractivity (Wildman–Crippen MR) is 77.2 cm³/mol. The summed E-state index contributed by atoms with van der Waals surface area (Å²) in [6, 6.07) is 10.0. The third kappa shape index (κ3) is 3.80. The maximum Gasteiger partial charge on any atom is 0.230 e. The number of benzene rings is 1. The van der Waals surface area contributed by atoms with Crippen molar-refractivity contribution in [1.82, 2.24) is 0 Å². The van der Waals surface area contributed by atoms with E-state index in [0.717, 1.165) is 37.9 Å². The molecular formula is C16H23NO2. The van der Waals surface area contributed by atoms with Gasteiger partial charge in [-0.1, -0.05) is 31.5 Å². The third-order valence-corrected chi connectivity index (χ3v) is 3.64. The van der Waals surface area contributed by atoms with Gasteiger partial charge < -0.3 is 9.64 Å². The average molecular weight is 261 g/mol. The lowest BCUT2D eigenvalue weighted by atomic mass is 9.98. The van der Waals surface area contributed by atoms with Crippen LogP contribution in [0.4, 0.5) is 5.69 Å². The second-order valence-corrected chi connectivity index (χ2v) is 5.07. The maximum atomic E-state index is 12.7. The number of hydrogen-bond donors (Lipinski definition) is 0. The Morgan fingerprint density at radius 2 is 1.95 bits per heavy atom. The predicted octanol–water partition coefficient (Wildman–Crippen LogP) is 3.25. The molecule has 0 unspecified atom stereocenters. The van der Waals surface area contributed by atoms with Crippen molar-refractivity contribution in [3.8, 4) is 0 Å². The average Bonchev–Trinajstić information content (AvgIpc) is 2.49. The van der Waals surface area contributed by atoms with E-state index in [9.17, 15) is 4.79 Å². The molecule has 0 atom stereocenters. The summed E-state index contributed by atoms with van der Waals surface area (Å²) in [5.74, 6) is 0.397. The molecule has 1 aromatic rings. The van der Waals surface area contributed by atoms with Crippen LogP contribution in [0.2, 0.25) is 0 Å². The number of ether oxygens (including phenoxy) is 1. The first-order chi connectivity index (χ1) is 9.33. The van der Waals surface area contributed by atoms with Crippen LogP contribution in [0.3, 0.4) is 0 Å². The second-order valence-electron chi connectivity index (χ2n) is 5.07. The fourth-order valence-electron chi connectivity index (χ4n) is 2.46. The quantitative estimate of drug-likeness (QED) is 0.814. The fourth-order valence-corrected chi connectivity index (χ4v) is 2.46. The highest BCUT2D eigenvalue weighted by Crippen LogP contribution is 2.22. The van der Waals surface area contributed by atoms with Crippen LogP contribution in [0.15, 0.2) is 30.3 Å². The molecule has 0 N–H and O–H groups in total. The molecule has 104 valence electrons. The molecule has 1 aromatic carbocycles. The first-order valence-electron chi connectivity index (χ1n) is 7.27. The summed E-state index contributed by atoms with van der Waals surface area (Å²) < 4.78 is 5.35. The highest BCUT2D eigenvalue weighted by Gasteiger charge is 2.26. The number of para-hydroxylation sites is 1. The number of hydrogen-bond acceptors (Lipinski definition) is 2. The molecule has 3 nitrogen and oxygen atoms in total. The van der Waals surface area contributed by atoms with Gasteiger partial charge in [0.25, 0.3) is 0 Å². The van der Waals surface area contributed by atoms with Crippen LogP contribution in [0, 0.1) is 5.92 Å². The number of carbonyl (C=O) groups is 1. The van der Waals surface area contributed by atoms with E-state index < -0.39 is 0 Å². The topological polar surface area (TPSA) is 29.5 Å². The molecule has 0 bridgehead atoms. The standard InChI is InChI=1S/C16H23NO2/c1-2-3-11-17(15-7-5-4-6-8-15)16(18)14-9-12-19-13-10-14/h4-8,14H,2-3,9-13H2,1H3. The Balaban J connectivity index is 2.10. The highest BCUT2D eigenvalue weighted by atomic mass is 16.5. The second kappa shape index (κ2) is 7.29. The number of rotatable bonds is 5. The van der Waals surface area contributed by atoms with E-state index in [0.29, 0.717) is 13.2 Å². The van der Waals surface area contributed by atoms with Crippen LogP contribution in [-0.2, 0) is 9.53 Å². The first kappa shape index (κ1) is 14.1. The van der Waals surface area contributed by atoms with Crippen LogP contribution in [0.25, 0.3) is 0 Å². The molecule has 1 fully saturated rings. The van der Waals surface area contributed by atoms with Gasteiger partial charge in [-0.25, -0.2) is 0 Å². The van der Waals surface area contributed by atoms with Gasteiger partial charge in [0.2, 0.25) is 5.91 Å². The van der Waals surface area contributed by atoms with Crippen molar-refractivity contribution in [3.05, 3.63) is 30.3 Å². The molecule has 1 heterocycles. The van der Waals surface area contributed by atoms with Gasteiger partial charge in [-0.15, -0.1) is 0 Å². The zero-order chi connectivity index (χ0) is 13.5. The summed E-state index contributed by atoms with van der Waals surface area (Å²) in [5.41, 5.74) is 1.02. The monoisotopic (exact) mass is 261 g/mol. The van der Waals surface area contributed by atoms with Gasteiger partial charge in [0.05, 0.1) is 0 Å². The molecule has 19 heavy (non-hydrogen) atoms. The molecule has 1 amide bonds. The number of nitrogens with zero attached hydrogens (tertiary/aromatic N) is 1.